The number of nitrogens with one attached hydrogen (secondary N) is 3. The molecule has 4 unspecified atom stereocenters. The second kappa shape index (κ2) is 8.48. The van der Waals surface area contributed by atoms with E-state index in [1.54, 1.807) is 0 Å². The Bertz CT molecular complexity index is 1280. The van der Waals surface area contributed by atoms with Crippen LogP contribution in [0, 0.1) is 17.7 Å². The zero-order valence-corrected chi connectivity index (χ0v) is 19.6. The van der Waals surface area contributed by atoms with Crippen LogP contribution < -0.4 is 10.6 Å². The number of carbonyl (C=O) groups is 1. The third kappa shape index (κ3) is 3.62. The summed E-state index contributed by atoms with van der Waals surface area (Å²) in [6.45, 7) is 4.69. The Hall–Kier alpha value is -2.65. The summed E-state index contributed by atoms with van der Waals surface area (Å²) < 4.78 is 20.2. The number of aromatic nitrogens is 2. The Morgan fingerprint density at radius 2 is 1.91 bits per heavy atom. The molecule has 0 spiro atoms. The molecule has 7 rings (SSSR count). The lowest BCUT2D eigenvalue weighted by Crippen LogP contribution is -2.50. The number of piperidine rings is 1. The number of hydrogen-bond acceptors (Lipinski definition) is 6. The van der Waals surface area contributed by atoms with Crippen molar-refractivity contribution in [2.24, 2.45) is 11.8 Å². The minimum Gasteiger partial charge on any atom is -0.378 e. The Kier molecular flexibility index (Phi) is 5.24. The average Bonchev–Trinajstić information content (AvgIpc) is 3.34. The molecule has 7 nitrogen and oxygen atoms in total. The summed E-state index contributed by atoms with van der Waals surface area (Å²) in [4.78, 5) is 22.4. The number of pyridine rings is 1. The summed E-state index contributed by atoms with van der Waals surface area (Å²) in [7, 11) is 0. The molecule has 3 aliphatic heterocycles. The summed E-state index contributed by atoms with van der Waals surface area (Å²) >= 11 is 0. The molecule has 8 heteroatoms. The summed E-state index contributed by atoms with van der Waals surface area (Å²) in [5.74, 6) is 0.533. The van der Waals surface area contributed by atoms with Crippen LogP contribution >= 0.6 is 0 Å². The number of halogens is 1. The van der Waals surface area contributed by atoms with Crippen LogP contribution in [0.25, 0.3) is 22.2 Å². The maximum absolute atomic E-state index is 14.3. The molecule has 4 aliphatic rings. The van der Waals surface area contributed by atoms with Gasteiger partial charge in [-0.1, -0.05) is 6.07 Å². The van der Waals surface area contributed by atoms with Gasteiger partial charge in [0.1, 0.15) is 17.2 Å². The van der Waals surface area contributed by atoms with Gasteiger partial charge >= 0.3 is 0 Å². The minimum atomic E-state index is -0.284. The van der Waals surface area contributed by atoms with Crippen molar-refractivity contribution in [2.45, 2.75) is 31.5 Å². The molecule has 0 radical (unpaired) electrons. The highest BCUT2D eigenvalue weighted by molar-refractivity contribution is 5.86. The molecule has 1 aliphatic carbocycles. The predicted octanol–water partition coefficient (Wildman–Crippen LogP) is 3.09. The minimum absolute atomic E-state index is 0.0867. The fraction of sp³-hybridized carbons (Fsp3) is 0.481. The van der Waals surface area contributed by atoms with Gasteiger partial charge < -0.3 is 15.0 Å². The molecule has 4 atom stereocenters. The highest BCUT2D eigenvalue weighted by Gasteiger charge is 2.44. The van der Waals surface area contributed by atoms with Crippen molar-refractivity contribution in [3.63, 3.8) is 0 Å². The fourth-order valence-electron chi connectivity index (χ4n) is 6.62. The van der Waals surface area contributed by atoms with E-state index in [0.29, 0.717) is 30.0 Å². The van der Waals surface area contributed by atoms with Gasteiger partial charge in [-0.3, -0.25) is 15.0 Å². The number of morpholine rings is 1. The molecule has 1 saturated carbocycles. The second-order valence-corrected chi connectivity index (χ2v) is 10.4. The molecule has 2 aromatic heterocycles. The van der Waals surface area contributed by atoms with Gasteiger partial charge in [0.15, 0.2) is 0 Å². The van der Waals surface area contributed by atoms with E-state index in [1.165, 1.54) is 22.9 Å². The van der Waals surface area contributed by atoms with Crippen molar-refractivity contribution in [3.8, 4) is 11.1 Å². The summed E-state index contributed by atoms with van der Waals surface area (Å²) in [5, 5.41) is 7.94. The van der Waals surface area contributed by atoms with E-state index in [4.69, 9.17) is 4.74 Å². The smallest absolute Gasteiger partial charge is 0.150 e. The number of H-pyrrole nitrogens is 1. The largest absolute Gasteiger partial charge is 0.378 e. The van der Waals surface area contributed by atoms with Crippen molar-refractivity contribution in [3.05, 3.63) is 53.1 Å². The molecule has 0 amide bonds. The van der Waals surface area contributed by atoms with Crippen molar-refractivity contribution < 1.29 is 13.9 Å². The zero-order chi connectivity index (χ0) is 23.5. The van der Waals surface area contributed by atoms with E-state index in [9.17, 15) is 9.18 Å². The number of nitrogens with zero attached hydrogens (tertiary/aromatic N) is 2. The first-order chi connectivity index (χ1) is 17.2. The molecule has 35 heavy (non-hydrogen) atoms. The Morgan fingerprint density at radius 1 is 1.06 bits per heavy atom. The maximum atomic E-state index is 14.3. The first kappa shape index (κ1) is 21.6. The van der Waals surface area contributed by atoms with Crippen molar-refractivity contribution >= 4 is 16.8 Å². The molecule has 182 valence electrons. The third-order valence-electron chi connectivity index (χ3n) is 8.36. The van der Waals surface area contributed by atoms with Gasteiger partial charge in [-0.25, -0.2) is 9.37 Å². The number of aromatic amines is 1. The molecule has 5 heterocycles. The van der Waals surface area contributed by atoms with Crippen molar-refractivity contribution in [1.29, 1.82) is 0 Å². The topological polar surface area (TPSA) is 82.3 Å². The Labute approximate surface area is 203 Å². The van der Waals surface area contributed by atoms with Crippen LogP contribution in [0.4, 0.5) is 4.39 Å². The van der Waals surface area contributed by atoms with Crippen LogP contribution in [0.15, 0.2) is 30.6 Å². The lowest BCUT2D eigenvalue weighted by atomic mass is 9.85. The number of hydrogen-bond donors (Lipinski definition) is 3. The van der Waals surface area contributed by atoms with Gasteiger partial charge in [0.2, 0.25) is 0 Å². The van der Waals surface area contributed by atoms with Crippen LogP contribution in [0.2, 0.25) is 0 Å². The van der Waals surface area contributed by atoms with E-state index >= 15 is 0 Å². The van der Waals surface area contributed by atoms with Gasteiger partial charge in [-0.2, -0.15) is 0 Å². The molecular weight excluding hydrogens is 445 g/mol. The number of ether oxygens (including phenoxy) is 1. The molecular formula is C27H30FN5O2. The zero-order valence-electron chi connectivity index (χ0n) is 19.6. The quantitative estimate of drug-likeness (QED) is 0.540. The first-order valence-corrected chi connectivity index (χ1v) is 12.8. The van der Waals surface area contributed by atoms with Crippen molar-refractivity contribution in [1.82, 2.24) is 25.5 Å². The summed E-state index contributed by atoms with van der Waals surface area (Å²) in [5.41, 5.74) is 6.38. The number of Topliss-reactive ketones (excluding diaryl/α,β-unsaturated/α-hetero) is 1. The SMILES string of the molecule is O=C1C2CCC1CN(C1NCCc3cc(-c4cnc5[nH]cc(F)c5c4)cc(C4COCCN4)c31)C2. The molecule has 2 bridgehead atoms. The third-order valence-corrected chi connectivity index (χ3v) is 8.36. The van der Waals surface area contributed by atoms with Gasteiger partial charge in [-0.05, 0) is 53.6 Å². The number of ketones is 1. The Morgan fingerprint density at radius 3 is 2.71 bits per heavy atom. The highest BCUT2D eigenvalue weighted by Crippen LogP contribution is 2.41. The number of carbonyl (C=O) groups excluding carboxylic acids is 1. The van der Waals surface area contributed by atoms with Crippen LogP contribution in [0.1, 0.15) is 41.7 Å². The standard InChI is InChI=1S/C27H30FN5O2/c28-22-11-32-26-20(22)9-19(10-31-26)18-7-15-3-4-30-27(33-12-16-1-2-17(13-33)25(16)34)24(15)21(8-18)23-14-35-6-5-29-23/h7-11,16-17,23,27,29-30H,1-6,12-14H2,(H,31,32). The molecule has 1 aromatic carbocycles. The van der Waals surface area contributed by atoms with E-state index < -0.39 is 0 Å². The van der Waals surface area contributed by atoms with Gasteiger partial charge in [-0.15, -0.1) is 0 Å². The van der Waals surface area contributed by atoms with Gasteiger partial charge in [0.25, 0.3) is 0 Å². The number of benzene rings is 1. The van der Waals surface area contributed by atoms with Gasteiger partial charge in [0, 0.05) is 56.0 Å². The lowest BCUT2D eigenvalue weighted by molar-refractivity contribution is -0.128. The molecule has 3 aromatic rings. The van der Waals surface area contributed by atoms with Crippen LogP contribution in [-0.2, 0) is 16.0 Å². The molecule has 3 fully saturated rings. The predicted molar refractivity (Wildman–Crippen MR) is 130 cm³/mol. The van der Waals surface area contributed by atoms with Crippen LogP contribution in [0.5, 0.6) is 0 Å². The highest BCUT2D eigenvalue weighted by atomic mass is 19.1. The Balaban J connectivity index is 1.33. The number of fused-ring (bicyclic) bond motifs is 4. The monoisotopic (exact) mass is 475 g/mol. The van der Waals surface area contributed by atoms with E-state index in [1.807, 2.05) is 12.3 Å². The molecule has 2 saturated heterocycles. The van der Waals surface area contributed by atoms with Crippen molar-refractivity contribution in [2.75, 3.05) is 39.4 Å². The van der Waals surface area contributed by atoms with Crippen LogP contribution in [0.3, 0.4) is 0 Å². The average molecular weight is 476 g/mol. The van der Waals surface area contributed by atoms with E-state index in [-0.39, 0.29) is 29.9 Å². The normalized spacial score (nSPS) is 29.0. The second-order valence-electron chi connectivity index (χ2n) is 10.4. The van der Waals surface area contributed by atoms with E-state index in [0.717, 1.165) is 56.6 Å². The molecule has 3 N–H and O–H groups in total. The number of likely N-dealkylation sites (tertiary alicyclic amines) is 1. The summed E-state index contributed by atoms with van der Waals surface area (Å²) in [6.07, 6.45) is 6.24. The van der Waals surface area contributed by atoms with Gasteiger partial charge in [0.05, 0.1) is 30.8 Å². The number of rotatable bonds is 3. The van der Waals surface area contributed by atoms with E-state index in [2.05, 4.69) is 37.6 Å². The first-order valence-electron chi connectivity index (χ1n) is 12.8. The van der Waals surface area contributed by atoms with Crippen LogP contribution in [-0.4, -0.2) is 60.0 Å². The maximum Gasteiger partial charge on any atom is 0.150 e. The lowest BCUT2D eigenvalue weighted by Gasteiger charge is -2.42. The fourth-order valence-corrected chi connectivity index (χ4v) is 6.62. The summed E-state index contributed by atoms with van der Waals surface area (Å²) in [6, 6.07) is 6.47.